The molecule has 2 aliphatic heterocycles. The number of hydrogen-bond acceptors (Lipinski definition) is 3. The molecule has 0 N–H and O–H groups in total. The van der Waals surface area contributed by atoms with Crippen molar-refractivity contribution in [2.24, 2.45) is 0 Å². The Kier molecular flexibility index (Phi) is 4.71. The van der Waals surface area contributed by atoms with Crippen LogP contribution in [0, 0.1) is 0 Å². The zero-order valence-electron chi connectivity index (χ0n) is 13.0. The SMILES string of the molecule is CN(CCCN1C2CCC1CC(=O)C2)Cc1ccccc1. The zero-order valence-corrected chi connectivity index (χ0v) is 13.0. The van der Waals surface area contributed by atoms with Crippen molar-refractivity contribution in [3.63, 3.8) is 0 Å². The van der Waals surface area contributed by atoms with Crippen LogP contribution in [0.2, 0.25) is 0 Å². The van der Waals surface area contributed by atoms with Crippen LogP contribution in [0.3, 0.4) is 0 Å². The lowest BCUT2D eigenvalue weighted by Crippen LogP contribution is -2.44. The lowest BCUT2D eigenvalue weighted by Gasteiger charge is -2.34. The first-order valence-corrected chi connectivity index (χ1v) is 8.22. The van der Waals surface area contributed by atoms with Crippen LogP contribution in [0.4, 0.5) is 0 Å². The summed E-state index contributed by atoms with van der Waals surface area (Å²) in [5.41, 5.74) is 1.38. The van der Waals surface area contributed by atoms with E-state index in [2.05, 4.69) is 47.2 Å². The molecule has 2 unspecified atom stereocenters. The summed E-state index contributed by atoms with van der Waals surface area (Å²) in [6, 6.07) is 11.8. The van der Waals surface area contributed by atoms with Crippen LogP contribution < -0.4 is 0 Å². The first-order valence-electron chi connectivity index (χ1n) is 8.22. The van der Waals surface area contributed by atoms with Gasteiger partial charge in [0.1, 0.15) is 5.78 Å². The fourth-order valence-corrected chi connectivity index (χ4v) is 3.92. The van der Waals surface area contributed by atoms with E-state index in [1.54, 1.807) is 0 Å². The Labute approximate surface area is 127 Å². The van der Waals surface area contributed by atoms with E-state index in [0.717, 1.165) is 32.5 Å². The maximum Gasteiger partial charge on any atom is 0.136 e. The molecule has 1 aromatic carbocycles. The van der Waals surface area contributed by atoms with Crippen molar-refractivity contribution in [2.75, 3.05) is 20.1 Å². The third-order valence-electron chi connectivity index (χ3n) is 4.95. The first-order chi connectivity index (χ1) is 10.2. The summed E-state index contributed by atoms with van der Waals surface area (Å²) >= 11 is 0. The average Bonchev–Trinajstić information content (AvgIpc) is 2.71. The average molecular weight is 286 g/mol. The second-order valence-electron chi connectivity index (χ2n) is 6.65. The molecule has 2 bridgehead atoms. The van der Waals surface area contributed by atoms with Crippen LogP contribution in [0.15, 0.2) is 30.3 Å². The molecule has 0 aromatic heterocycles. The number of nitrogens with zero attached hydrogens (tertiary/aromatic N) is 2. The summed E-state index contributed by atoms with van der Waals surface area (Å²) in [6.07, 6.45) is 5.27. The topological polar surface area (TPSA) is 23.6 Å². The van der Waals surface area contributed by atoms with E-state index in [1.165, 1.54) is 24.8 Å². The highest BCUT2D eigenvalue weighted by atomic mass is 16.1. The quantitative estimate of drug-likeness (QED) is 0.803. The Bertz CT molecular complexity index is 457. The standard InChI is InChI=1S/C18H26N2O/c1-19(14-15-6-3-2-4-7-15)10-5-11-20-16-8-9-17(20)13-18(21)12-16/h2-4,6-7,16-17H,5,8-14H2,1H3. The molecule has 0 amide bonds. The Morgan fingerprint density at radius 1 is 1.14 bits per heavy atom. The van der Waals surface area contributed by atoms with E-state index in [1.807, 2.05) is 0 Å². The van der Waals surface area contributed by atoms with Gasteiger partial charge >= 0.3 is 0 Å². The molecule has 2 saturated heterocycles. The maximum absolute atomic E-state index is 11.6. The van der Waals surface area contributed by atoms with Crippen molar-refractivity contribution in [2.45, 2.75) is 50.7 Å². The highest BCUT2D eigenvalue weighted by Gasteiger charge is 2.39. The number of carbonyl (C=O) groups excluding carboxylic acids is 1. The lowest BCUT2D eigenvalue weighted by atomic mass is 10.0. The third kappa shape index (κ3) is 3.72. The lowest BCUT2D eigenvalue weighted by molar-refractivity contribution is -0.123. The summed E-state index contributed by atoms with van der Waals surface area (Å²) in [7, 11) is 2.20. The predicted octanol–water partition coefficient (Wildman–Crippen LogP) is 2.70. The number of rotatable bonds is 6. The van der Waals surface area contributed by atoms with Gasteiger partial charge in [-0.2, -0.15) is 0 Å². The minimum atomic E-state index is 0.486. The minimum absolute atomic E-state index is 0.486. The number of hydrogen-bond donors (Lipinski definition) is 0. The molecule has 1 aromatic rings. The van der Waals surface area contributed by atoms with E-state index < -0.39 is 0 Å². The summed E-state index contributed by atoms with van der Waals surface area (Å²) in [5.74, 6) is 0.486. The first kappa shape index (κ1) is 14.7. The second-order valence-corrected chi connectivity index (χ2v) is 6.65. The van der Waals surface area contributed by atoms with E-state index in [-0.39, 0.29) is 0 Å². The number of Topliss-reactive ketones (excluding diaryl/α,β-unsaturated/α-hetero) is 1. The number of benzene rings is 1. The van der Waals surface area contributed by atoms with Gasteiger partial charge in [-0.3, -0.25) is 9.69 Å². The molecule has 0 radical (unpaired) electrons. The molecule has 2 aliphatic rings. The molecule has 2 fully saturated rings. The van der Waals surface area contributed by atoms with Gasteiger partial charge in [-0.15, -0.1) is 0 Å². The van der Waals surface area contributed by atoms with Crippen LogP contribution in [-0.2, 0) is 11.3 Å². The Morgan fingerprint density at radius 3 is 2.48 bits per heavy atom. The molecule has 3 heteroatoms. The number of fused-ring (bicyclic) bond motifs is 2. The van der Waals surface area contributed by atoms with Crippen molar-refractivity contribution in [3.8, 4) is 0 Å². The molecule has 2 atom stereocenters. The van der Waals surface area contributed by atoms with Gasteiger partial charge in [-0.25, -0.2) is 0 Å². The highest BCUT2D eigenvalue weighted by Crippen LogP contribution is 2.33. The smallest absolute Gasteiger partial charge is 0.136 e. The van der Waals surface area contributed by atoms with Crippen molar-refractivity contribution < 1.29 is 4.79 Å². The molecule has 3 nitrogen and oxygen atoms in total. The number of ketones is 1. The molecule has 0 aliphatic carbocycles. The molecule has 0 spiro atoms. The van der Waals surface area contributed by atoms with Gasteiger partial charge in [0.25, 0.3) is 0 Å². The van der Waals surface area contributed by atoms with Gasteiger partial charge in [0, 0.05) is 31.5 Å². The van der Waals surface area contributed by atoms with E-state index in [4.69, 9.17) is 0 Å². The largest absolute Gasteiger partial charge is 0.302 e. The van der Waals surface area contributed by atoms with Crippen LogP contribution in [-0.4, -0.2) is 47.8 Å². The van der Waals surface area contributed by atoms with Crippen molar-refractivity contribution in [1.29, 1.82) is 0 Å². The highest BCUT2D eigenvalue weighted by molar-refractivity contribution is 5.80. The molecule has 0 saturated carbocycles. The Hall–Kier alpha value is -1.19. The van der Waals surface area contributed by atoms with Gasteiger partial charge < -0.3 is 4.90 Å². The van der Waals surface area contributed by atoms with E-state index in [9.17, 15) is 4.79 Å². The number of piperidine rings is 1. The van der Waals surface area contributed by atoms with Gasteiger partial charge in [-0.05, 0) is 45.0 Å². The van der Waals surface area contributed by atoms with Gasteiger partial charge in [-0.1, -0.05) is 30.3 Å². The van der Waals surface area contributed by atoms with Crippen molar-refractivity contribution in [3.05, 3.63) is 35.9 Å². The summed E-state index contributed by atoms with van der Waals surface area (Å²) in [6.45, 7) is 3.30. The molecule has 21 heavy (non-hydrogen) atoms. The third-order valence-corrected chi connectivity index (χ3v) is 4.95. The molecule has 2 heterocycles. The van der Waals surface area contributed by atoms with E-state index in [0.29, 0.717) is 17.9 Å². The summed E-state index contributed by atoms with van der Waals surface area (Å²) in [4.78, 5) is 16.6. The number of carbonyl (C=O) groups is 1. The molecule has 114 valence electrons. The summed E-state index contributed by atoms with van der Waals surface area (Å²) < 4.78 is 0. The monoisotopic (exact) mass is 286 g/mol. The zero-order chi connectivity index (χ0) is 14.7. The fraction of sp³-hybridized carbons (Fsp3) is 0.611. The summed E-state index contributed by atoms with van der Waals surface area (Å²) in [5, 5.41) is 0. The van der Waals surface area contributed by atoms with Crippen molar-refractivity contribution >= 4 is 5.78 Å². The van der Waals surface area contributed by atoms with Gasteiger partial charge in [0.05, 0.1) is 0 Å². The van der Waals surface area contributed by atoms with Gasteiger partial charge in [0.15, 0.2) is 0 Å². The van der Waals surface area contributed by atoms with Crippen LogP contribution >= 0.6 is 0 Å². The van der Waals surface area contributed by atoms with Gasteiger partial charge in [0.2, 0.25) is 0 Å². The minimum Gasteiger partial charge on any atom is -0.302 e. The van der Waals surface area contributed by atoms with E-state index >= 15 is 0 Å². The van der Waals surface area contributed by atoms with Crippen LogP contribution in [0.1, 0.15) is 37.7 Å². The Balaban J connectivity index is 1.41. The predicted molar refractivity (Wildman–Crippen MR) is 85.2 cm³/mol. The molecular formula is C18H26N2O. The van der Waals surface area contributed by atoms with Crippen molar-refractivity contribution in [1.82, 2.24) is 9.80 Å². The normalized spacial score (nSPS) is 25.7. The molecular weight excluding hydrogens is 260 g/mol. The Morgan fingerprint density at radius 2 is 1.81 bits per heavy atom. The molecule has 3 rings (SSSR count). The second kappa shape index (κ2) is 6.71. The van der Waals surface area contributed by atoms with Crippen LogP contribution in [0.5, 0.6) is 0 Å². The maximum atomic E-state index is 11.6. The van der Waals surface area contributed by atoms with Crippen LogP contribution in [0.25, 0.3) is 0 Å². The fourth-order valence-electron chi connectivity index (χ4n) is 3.92.